The zero-order valence-electron chi connectivity index (χ0n) is 12.4. The molecule has 0 spiro atoms. The van der Waals surface area contributed by atoms with E-state index in [1.165, 1.54) is 6.42 Å². The molecule has 108 valence electrons. The Balaban J connectivity index is 1.95. The second-order valence-electron chi connectivity index (χ2n) is 7.09. The van der Waals surface area contributed by atoms with Crippen LogP contribution in [0.25, 0.3) is 0 Å². The first-order valence-corrected chi connectivity index (χ1v) is 7.48. The Kier molecular flexibility index (Phi) is 4.29. The molecule has 0 aromatic rings. The number of hydrogen-bond acceptors (Lipinski definition) is 3. The van der Waals surface area contributed by atoms with Gasteiger partial charge in [0.25, 0.3) is 0 Å². The Labute approximate surface area is 115 Å². The maximum absolute atomic E-state index is 12.4. The van der Waals surface area contributed by atoms with Gasteiger partial charge in [0.05, 0.1) is 12.5 Å². The van der Waals surface area contributed by atoms with Crippen molar-refractivity contribution in [3.63, 3.8) is 0 Å². The minimum absolute atomic E-state index is 0.00106. The highest BCUT2D eigenvalue weighted by Crippen LogP contribution is 2.27. The third-order valence-electron chi connectivity index (χ3n) is 4.00. The highest BCUT2D eigenvalue weighted by molar-refractivity contribution is 6.05. The van der Waals surface area contributed by atoms with E-state index in [1.54, 1.807) is 4.90 Å². The van der Waals surface area contributed by atoms with Gasteiger partial charge in [-0.15, -0.1) is 0 Å². The molecule has 2 amide bonds. The van der Waals surface area contributed by atoms with Crippen LogP contribution in [0.5, 0.6) is 0 Å². The van der Waals surface area contributed by atoms with Gasteiger partial charge in [-0.2, -0.15) is 0 Å². The summed E-state index contributed by atoms with van der Waals surface area (Å²) in [7, 11) is 0. The molecule has 0 radical (unpaired) electrons. The van der Waals surface area contributed by atoms with Gasteiger partial charge in [-0.05, 0) is 18.3 Å². The van der Waals surface area contributed by atoms with Gasteiger partial charge in [0, 0.05) is 12.6 Å². The number of carbonyl (C=O) groups is 2. The highest BCUT2D eigenvalue weighted by atomic mass is 16.2. The van der Waals surface area contributed by atoms with Crippen LogP contribution in [0, 0.1) is 5.41 Å². The fourth-order valence-corrected chi connectivity index (χ4v) is 2.96. The van der Waals surface area contributed by atoms with E-state index in [0.717, 1.165) is 32.2 Å². The Morgan fingerprint density at radius 3 is 2.37 bits per heavy atom. The fourth-order valence-electron chi connectivity index (χ4n) is 2.96. The molecule has 1 aliphatic heterocycles. The number of rotatable bonds is 3. The molecule has 1 unspecified atom stereocenters. The molecule has 1 saturated carbocycles. The molecule has 4 nitrogen and oxygen atoms in total. The van der Waals surface area contributed by atoms with Gasteiger partial charge >= 0.3 is 0 Å². The molecule has 0 bridgehead atoms. The molecule has 19 heavy (non-hydrogen) atoms. The second kappa shape index (κ2) is 5.61. The number of amides is 2. The smallest absolute Gasteiger partial charge is 0.247 e. The van der Waals surface area contributed by atoms with Crippen molar-refractivity contribution in [2.75, 3.05) is 6.54 Å². The van der Waals surface area contributed by atoms with Crippen LogP contribution >= 0.6 is 0 Å². The minimum atomic E-state index is -0.298. The molecular formula is C15H26N2O2. The van der Waals surface area contributed by atoms with Gasteiger partial charge < -0.3 is 5.32 Å². The van der Waals surface area contributed by atoms with Gasteiger partial charge in [-0.25, -0.2) is 0 Å². The third-order valence-corrected chi connectivity index (χ3v) is 4.00. The Bertz CT molecular complexity index is 354. The molecule has 1 aliphatic carbocycles. The summed E-state index contributed by atoms with van der Waals surface area (Å²) in [5, 5.41) is 3.26. The Morgan fingerprint density at radius 1 is 1.16 bits per heavy atom. The molecule has 1 N–H and O–H groups in total. The van der Waals surface area contributed by atoms with Crippen molar-refractivity contribution in [3.05, 3.63) is 0 Å². The number of likely N-dealkylation sites (tertiary alicyclic amines) is 1. The predicted octanol–water partition coefficient (Wildman–Crippen LogP) is 2.08. The van der Waals surface area contributed by atoms with Gasteiger partial charge in [-0.3, -0.25) is 14.5 Å². The van der Waals surface area contributed by atoms with E-state index in [4.69, 9.17) is 0 Å². The molecule has 1 saturated heterocycles. The highest BCUT2D eigenvalue weighted by Gasteiger charge is 2.42. The average molecular weight is 266 g/mol. The minimum Gasteiger partial charge on any atom is -0.305 e. The largest absolute Gasteiger partial charge is 0.305 e. The molecule has 2 fully saturated rings. The fraction of sp³-hybridized carbons (Fsp3) is 0.867. The zero-order valence-corrected chi connectivity index (χ0v) is 12.4. The number of imide groups is 1. The monoisotopic (exact) mass is 266 g/mol. The van der Waals surface area contributed by atoms with Crippen LogP contribution in [0.4, 0.5) is 0 Å². The van der Waals surface area contributed by atoms with Crippen LogP contribution < -0.4 is 5.32 Å². The summed E-state index contributed by atoms with van der Waals surface area (Å²) in [5.74, 6) is 0.0180. The van der Waals surface area contributed by atoms with Crippen LogP contribution in [0.1, 0.15) is 59.3 Å². The standard InChI is InChI=1S/C15H26N2O2/c1-15(2,3)10-16-12-9-13(18)17(14(12)19)11-7-5-4-6-8-11/h11-12,16H,4-10H2,1-3H3. The lowest BCUT2D eigenvalue weighted by Crippen LogP contribution is -2.46. The van der Waals surface area contributed by atoms with E-state index < -0.39 is 0 Å². The Morgan fingerprint density at radius 2 is 1.79 bits per heavy atom. The quantitative estimate of drug-likeness (QED) is 0.796. The second-order valence-corrected chi connectivity index (χ2v) is 7.09. The molecule has 1 heterocycles. The van der Waals surface area contributed by atoms with Crippen LogP contribution in [-0.2, 0) is 9.59 Å². The molecule has 0 aromatic heterocycles. The molecule has 2 rings (SSSR count). The van der Waals surface area contributed by atoms with Crippen LogP contribution in [0.2, 0.25) is 0 Å². The number of carbonyl (C=O) groups excluding carboxylic acids is 2. The van der Waals surface area contributed by atoms with Gasteiger partial charge in [0.15, 0.2) is 0 Å². The van der Waals surface area contributed by atoms with E-state index in [9.17, 15) is 9.59 Å². The summed E-state index contributed by atoms with van der Waals surface area (Å²) in [5.41, 5.74) is 0.127. The first-order valence-electron chi connectivity index (χ1n) is 7.48. The lowest BCUT2D eigenvalue weighted by molar-refractivity contribution is -0.142. The van der Waals surface area contributed by atoms with Crippen LogP contribution in [0.3, 0.4) is 0 Å². The van der Waals surface area contributed by atoms with Crippen molar-refractivity contribution in [2.24, 2.45) is 5.41 Å². The van der Waals surface area contributed by atoms with E-state index in [-0.39, 0.29) is 29.3 Å². The molecular weight excluding hydrogens is 240 g/mol. The van der Waals surface area contributed by atoms with Crippen molar-refractivity contribution in [3.8, 4) is 0 Å². The molecule has 2 aliphatic rings. The van der Waals surface area contributed by atoms with E-state index in [1.807, 2.05) is 0 Å². The molecule has 0 aromatic carbocycles. The maximum atomic E-state index is 12.4. The van der Waals surface area contributed by atoms with Crippen LogP contribution in [0.15, 0.2) is 0 Å². The molecule has 4 heteroatoms. The zero-order chi connectivity index (χ0) is 14.0. The summed E-state index contributed by atoms with van der Waals surface area (Å²) < 4.78 is 0. The lowest BCUT2D eigenvalue weighted by atomic mass is 9.94. The topological polar surface area (TPSA) is 49.4 Å². The van der Waals surface area contributed by atoms with Crippen LogP contribution in [-0.4, -0.2) is 35.3 Å². The maximum Gasteiger partial charge on any atom is 0.247 e. The summed E-state index contributed by atoms with van der Waals surface area (Å²) in [6.45, 7) is 7.13. The molecule has 1 atom stereocenters. The van der Waals surface area contributed by atoms with E-state index in [0.29, 0.717) is 6.42 Å². The van der Waals surface area contributed by atoms with Crippen molar-refractivity contribution >= 4 is 11.8 Å². The van der Waals surface area contributed by atoms with Crippen molar-refractivity contribution < 1.29 is 9.59 Å². The van der Waals surface area contributed by atoms with Gasteiger partial charge in [-0.1, -0.05) is 40.0 Å². The third kappa shape index (κ3) is 3.56. The number of hydrogen-bond donors (Lipinski definition) is 1. The predicted molar refractivity (Wildman–Crippen MR) is 74.6 cm³/mol. The normalized spacial score (nSPS) is 26.3. The summed E-state index contributed by atoms with van der Waals surface area (Å²) >= 11 is 0. The van der Waals surface area contributed by atoms with Crippen molar-refractivity contribution in [2.45, 2.75) is 71.4 Å². The van der Waals surface area contributed by atoms with Gasteiger partial charge in [0.1, 0.15) is 0 Å². The first-order chi connectivity index (χ1) is 8.88. The van der Waals surface area contributed by atoms with E-state index in [2.05, 4.69) is 26.1 Å². The SMILES string of the molecule is CC(C)(C)CNC1CC(=O)N(C2CCCCC2)C1=O. The lowest BCUT2D eigenvalue weighted by Gasteiger charge is -2.30. The van der Waals surface area contributed by atoms with Crippen molar-refractivity contribution in [1.29, 1.82) is 0 Å². The van der Waals surface area contributed by atoms with Gasteiger partial charge in [0.2, 0.25) is 11.8 Å². The Hall–Kier alpha value is -0.900. The van der Waals surface area contributed by atoms with E-state index >= 15 is 0 Å². The van der Waals surface area contributed by atoms with Crippen molar-refractivity contribution in [1.82, 2.24) is 10.2 Å². The summed E-state index contributed by atoms with van der Waals surface area (Å²) in [4.78, 5) is 26.0. The number of nitrogens with one attached hydrogen (secondary N) is 1. The number of nitrogens with zero attached hydrogens (tertiary/aromatic N) is 1. The first kappa shape index (κ1) is 14.5. The average Bonchev–Trinajstić information content (AvgIpc) is 2.62. The summed E-state index contributed by atoms with van der Waals surface area (Å²) in [6.07, 6.45) is 5.83. The summed E-state index contributed by atoms with van der Waals surface area (Å²) in [6, 6.07) is -0.135.